The van der Waals surface area contributed by atoms with Gasteiger partial charge in [-0.25, -0.2) is 0 Å². The van der Waals surface area contributed by atoms with Crippen LogP contribution >= 0.6 is 0 Å². The summed E-state index contributed by atoms with van der Waals surface area (Å²) in [5, 5.41) is 4.77. The van der Waals surface area contributed by atoms with Gasteiger partial charge in [0.2, 0.25) is 0 Å². The van der Waals surface area contributed by atoms with E-state index in [1.807, 2.05) is 52.9 Å². The van der Waals surface area contributed by atoms with Crippen molar-refractivity contribution in [2.75, 3.05) is 0 Å². The van der Waals surface area contributed by atoms with Crippen molar-refractivity contribution in [1.82, 2.24) is 4.40 Å². The van der Waals surface area contributed by atoms with Crippen LogP contribution in [0.4, 0.5) is 0 Å². The third kappa shape index (κ3) is 2.87. The molecule has 0 spiro atoms. The maximum atomic E-state index is 13.8. The van der Waals surface area contributed by atoms with E-state index < -0.39 is 18.3 Å². The molecule has 0 amide bonds. The molecule has 0 radical (unpaired) electrons. The Morgan fingerprint density at radius 3 is 2.00 bits per heavy atom. The summed E-state index contributed by atoms with van der Waals surface area (Å²) in [7, 11) is -0.490. The third-order valence-electron chi connectivity index (χ3n) is 8.17. The van der Waals surface area contributed by atoms with Crippen LogP contribution in [0.25, 0.3) is 49.1 Å². The number of benzene rings is 4. The first kappa shape index (κ1) is 21.6. The predicted octanol–water partition coefficient (Wildman–Crippen LogP) is 6.16. The molecule has 2 aromatic heterocycles. The van der Waals surface area contributed by atoms with Crippen molar-refractivity contribution >= 4 is 50.5 Å². The van der Waals surface area contributed by atoms with Crippen LogP contribution in [0.1, 0.15) is 27.7 Å². The van der Waals surface area contributed by atoms with E-state index in [1.165, 1.54) is 0 Å². The van der Waals surface area contributed by atoms with Gasteiger partial charge in [-0.15, -0.1) is 0 Å². The lowest BCUT2D eigenvalue weighted by molar-refractivity contribution is 0.00578. The van der Waals surface area contributed by atoms with Gasteiger partial charge in [0.25, 0.3) is 5.56 Å². The average molecular weight is 471 g/mol. The van der Waals surface area contributed by atoms with Gasteiger partial charge in [0, 0.05) is 21.5 Å². The molecule has 36 heavy (non-hydrogen) atoms. The van der Waals surface area contributed by atoms with Crippen molar-refractivity contribution in [3.8, 4) is 11.1 Å². The monoisotopic (exact) mass is 471 g/mol. The molecule has 0 unspecified atom stereocenters. The summed E-state index contributed by atoms with van der Waals surface area (Å²) in [6, 6.07) is 28.8. The van der Waals surface area contributed by atoms with Gasteiger partial charge in [-0.05, 0) is 67.9 Å². The zero-order valence-electron chi connectivity index (χ0n) is 20.8. The van der Waals surface area contributed by atoms with E-state index >= 15 is 0 Å². The zero-order valence-corrected chi connectivity index (χ0v) is 20.8. The molecule has 3 heterocycles. The van der Waals surface area contributed by atoms with Crippen molar-refractivity contribution < 1.29 is 9.31 Å². The molecule has 1 saturated heterocycles. The summed E-state index contributed by atoms with van der Waals surface area (Å²) in [4.78, 5) is 13.8. The number of nitrogens with zero attached hydrogens (tertiary/aromatic N) is 1. The Morgan fingerprint density at radius 2 is 1.28 bits per heavy atom. The second-order valence-corrected chi connectivity index (χ2v) is 10.8. The first-order valence-corrected chi connectivity index (χ1v) is 12.4. The van der Waals surface area contributed by atoms with Crippen LogP contribution in [-0.2, 0) is 9.31 Å². The second-order valence-electron chi connectivity index (χ2n) is 10.8. The lowest BCUT2D eigenvalue weighted by Crippen LogP contribution is -2.41. The van der Waals surface area contributed by atoms with Gasteiger partial charge in [-0.2, -0.15) is 0 Å². The summed E-state index contributed by atoms with van der Waals surface area (Å²) in [5.41, 5.74) is 4.16. The number of rotatable bonds is 2. The lowest BCUT2D eigenvalue weighted by atomic mass is 9.77. The van der Waals surface area contributed by atoms with Gasteiger partial charge >= 0.3 is 7.12 Å². The fraction of sp³-hybridized carbons (Fsp3) is 0.194. The Hall–Kier alpha value is -3.67. The Kier molecular flexibility index (Phi) is 4.31. The maximum absolute atomic E-state index is 13.8. The Bertz CT molecular complexity index is 1850. The Balaban J connectivity index is 1.61. The lowest BCUT2D eigenvalue weighted by Gasteiger charge is -2.32. The van der Waals surface area contributed by atoms with Crippen molar-refractivity contribution in [2.45, 2.75) is 38.9 Å². The summed E-state index contributed by atoms with van der Waals surface area (Å²) >= 11 is 0. The Labute approximate surface area is 209 Å². The number of pyridine rings is 1. The van der Waals surface area contributed by atoms with Gasteiger partial charge in [0.05, 0.1) is 22.2 Å². The molecular weight excluding hydrogens is 445 g/mol. The molecule has 0 aliphatic carbocycles. The molecule has 5 heteroatoms. The topological polar surface area (TPSA) is 39.9 Å². The number of hydrogen-bond acceptors (Lipinski definition) is 3. The number of hydrogen-bond donors (Lipinski definition) is 0. The minimum Gasteiger partial charge on any atom is -0.399 e. The SMILES string of the molecule is CC1(C)OB(c2cc3c4cc(-c5ccccc5)ccc4c(=O)n4c5ccccc5c(c2)c34)OC1(C)C. The standard InChI is InChI=1S/C31H26BNO3/c1-30(2)31(3,4)36-32(35-30)21-17-25-22-12-8-9-13-27(22)33-28(25)26(18-21)24-16-20(14-15-23(24)29(33)34)19-10-6-5-7-11-19/h5-18H,1-4H3. The highest BCUT2D eigenvalue weighted by Gasteiger charge is 2.51. The molecule has 1 aliphatic rings. The summed E-state index contributed by atoms with van der Waals surface area (Å²) in [5.74, 6) is 0. The minimum absolute atomic E-state index is 0.00620. The van der Waals surface area contributed by atoms with Crippen LogP contribution in [0.3, 0.4) is 0 Å². The van der Waals surface area contributed by atoms with Crippen LogP contribution in [-0.4, -0.2) is 22.7 Å². The fourth-order valence-electron chi connectivity index (χ4n) is 5.54. The molecule has 6 aromatic rings. The van der Waals surface area contributed by atoms with E-state index in [4.69, 9.17) is 9.31 Å². The highest BCUT2D eigenvalue weighted by molar-refractivity contribution is 6.63. The highest BCUT2D eigenvalue weighted by atomic mass is 16.7. The van der Waals surface area contributed by atoms with E-state index in [-0.39, 0.29) is 5.56 Å². The first-order chi connectivity index (χ1) is 17.2. The molecule has 4 aromatic carbocycles. The number of para-hydroxylation sites is 1. The van der Waals surface area contributed by atoms with E-state index in [0.717, 1.165) is 49.2 Å². The largest absolute Gasteiger partial charge is 0.494 e. The molecule has 0 saturated carbocycles. The van der Waals surface area contributed by atoms with E-state index in [1.54, 1.807) is 0 Å². The van der Waals surface area contributed by atoms with Crippen LogP contribution < -0.4 is 11.0 Å². The molecule has 0 bridgehead atoms. The van der Waals surface area contributed by atoms with Crippen LogP contribution in [0, 0.1) is 0 Å². The average Bonchev–Trinajstić information content (AvgIpc) is 3.32. The minimum atomic E-state index is -0.490. The van der Waals surface area contributed by atoms with Gasteiger partial charge in [-0.3, -0.25) is 9.20 Å². The van der Waals surface area contributed by atoms with Crippen molar-refractivity contribution in [2.24, 2.45) is 0 Å². The van der Waals surface area contributed by atoms with Crippen molar-refractivity contribution in [3.63, 3.8) is 0 Å². The van der Waals surface area contributed by atoms with Crippen LogP contribution in [0.15, 0.2) is 89.7 Å². The van der Waals surface area contributed by atoms with Gasteiger partial charge in [0.1, 0.15) is 0 Å². The Morgan fingerprint density at radius 1 is 0.639 bits per heavy atom. The quantitative estimate of drug-likeness (QED) is 0.224. The molecule has 1 aliphatic heterocycles. The van der Waals surface area contributed by atoms with Gasteiger partial charge < -0.3 is 9.31 Å². The van der Waals surface area contributed by atoms with E-state index in [2.05, 4.69) is 64.1 Å². The third-order valence-corrected chi connectivity index (χ3v) is 8.17. The van der Waals surface area contributed by atoms with Crippen LogP contribution in [0.5, 0.6) is 0 Å². The molecule has 1 fully saturated rings. The zero-order chi connectivity index (χ0) is 24.8. The highest BCUT2D eigenvalue weighted by Crippen LogP contribution is 2.39. The van der Waals surface area contributed by atoms with Gasteiger partial charge in [0.15, 0.2) is 0 Å². The normalized spacial score (nSPS) is 17.2. The molecule has 0 atom stereocenters. The summed E-state index contributed by atoms with van der Waals surface area (Å²) < 4.78 is 14.8. The second kappa shape index (κ2) is 7.19. The van der Waals surface area contributed by atoms with Gasteiger partial charge in [-0.1, -0.05) is 66.7 Å². The fourth-order valence-corrected chi connectivity index (χ4v) is 5.54. The molecule has 7 rings (SSSR count). The maximum Gasteiger partial charge on any atom is 0.494 e. The first-order valence-electron chi connectivity index (χ1n) is 12.4. The molecular formula is C31H26BNO3. The van der Waals surface area contributed by atoms with Crippen LogP contribution in [0.2, 0.25) is 0 Å². The molecule has 4 nitrogen and oxygen atoms in total. The predicted molar refractivity (Wildman–Crippen MR) is 149 cm³/mol. The smallest absolute Gasteiger partial charge is 0.399 e. The van der Waals surface area contributed by atoms with E-state index in [9.17, 15) is 4.79 Å². The summed E-state index contributed by atoms with van der Waals surface area (Å²) in [6.07, 6.45) is 0. The van der Waals surface area contributed by atoms with Crippen molar-refractivity contribution in [3.05, 3.63) is 95.3 Å². The number of fused-ring (bicyclic) bond motifs is 5. The van der Waals surface area contributed by atoms with E-state index in [0.29, 0.717) is 5.39 Å². The number of aromatic nitrogens is 1. The molecule has 176 valence electrons. The summed E-state index contributed by atoms with van der Waals surface area (Å²) in [6.45, 7) is 8.28. The molecule has 0 N–H and O–H groups in total. The van der Waals surface area contributed by atoms with Crippen molar-refractivity contribution in [1.29, 1.82) is 0 Å².